The summed E-state index contributed by atoms with van der Waals surface area (Å²) in [5.41, 5.74) is 1.19. The number of hydrogen-bond donors (Lipinski definition) is 1. The first-order chi connectivity index (χ1) is 6.34. The van der Waals surface area contributed by atoms with Gasteiger partial charge in [-0.3, -0.25) is 5.10 Å². The lowest BCUT2D eigenvalue weighted by atomic mass is 10.1. The lowest BCUT2D eigenvalue weighted by molar-refractivity contribution is 0.972. The van der Waals surface area contributed by atoms with E-state index < -0.39 is 0 Å². The zero-order valence-corrected chi connectivity index (χ0v) is 7.62. The third-order valence-electron chi connectivity index (χ3n) is 1.72. The maximum absolute atomic E-state index is 5.57. The fourth-order valence-corrected chi connectivity index (χ4v) is 1.28. The largest absolute Gasteiger partial charge is 0.261 e. The molecule has 1 heterocycles. The molecule has 0 spiro atoms. The Labute approximate surface area is 80.8 Å². The van der Waals surface area contributed by atoms with Crippen molar-refractivity contribution in [2.75, 3.05) is 0 Å². The normalized spacial score (nSPS) is 10.2. The van der Waals surface area contributed by atoms with E-state index in [1.54, 1.807) is 0 Å². The van der Waals surface area contributed by atoms with Gasteiger partial charge in [-0.05, 0) is 17.2 Å². The number of aromatic amines is 1. The first kappa shape index (κ1) is 8.26. The second kappa shape index (κ2) is 3.58. The molecule has 4 heteroatoms. The van der Waals surface area contributed by atoms with Crippen LogP contribution in [0.25, 0.3) is 0 Å². The van der Waals surface area contributed by atoms with Gasteiger partial charge in [0, 0.05) is 6.42 Å². The van der Waals surface area contributed by atoms with Gasteiger partial charge in [0.1, 0.15) is 5.82 Å². The minimum absolute atomic E-state index is 0.269. The van der Waals surface area contributed by atoms with Gasteiger partial charge in [-0.1, -0.05) is 30.3 Å². The van der Waals surface area contributed by atoms with E-state index in [0.29, 0.717) is 0 Å². The van der Waals surface area contributed by atoms with Crippen LogP contribution >= 0.6 is 11.6 Å². The minimum atomic E-state index is 0.269. The SMILES string of the molecule is Clc1n[nH]c(Cc2ccccc2)n1. The topological polar surface area (TPSA) is 41.6 Å². The van der Waals surface area contributed by atoms with Crippen molar-refractivity contribution in [1.29, 1.82) is 0 Å². The summed E-state index contributed by atoms with van der Waals surface area (Å²) >= 11 is 5.57. The van der Waals surface area contributed by atoms with Crippen LogP contribution < -0.4 is 0 Å². The molecule has 0 unspecified atom stereocenters. The molecule has 0 aliphatic heterocycles. The quantitative estimate of drug-likeness (QED) is 0.793. The predicted molar refractivity (Wildman–Crippen MR) is 50.6 cm³/mol. The van der Waals surface area contributed by atoms with Crippen molar-refractivity contribution in [3.63, 3.8) is 0 Å². The summed E-state index contributed by atoms with van der Waals surface area (Å²) in [5, 5.41) is 6.77. The summed E-state index contributed by atoms with van der Waals surface area (Å²) in [4.78, 5) is 4.00. The van der Waals surface area contributed by atoms with Crippen LogP contribution in [0.15, 0.2) is 30.3 Å². The molecule has 1 aromatic heterocycles. The van der Waals surface area contributed by atoms with Gasteiger partial charge >= 0.3 is 0 Å². The van der Waals surface area contributed by atoms with Crippen molar-refractivity contribution in [2.24, 2.45) is 0 Å². The summed E-state index contributed by atoms with van der Waals surface area (Å²) in [6, 6.07) is 10.0. The second-order valence-corrected chi connectivity index (χ2v) is 3.05. The van der Waals surface area contributed by atoms with Gasteiger partial charge in [0.2, 0.25) is 5.28 Å². The van der Waals surface area contributed by atoms with Gasteiger partial charge in [-0.2, -0.15) is 0 Å². The average molecular weight is 194 g/mol. The molecular weight excluding hydrogens is 186 g/mol. The number of nitrogens with zero attached hydrogens (tertiary/aromatic N) is 2. The molecule has 2 aromatic rings. The Kier molecular flexibility index (Phi) is 2.27. The van der Waals surface area contributed by atoms with E-state index in [-0.39, 0.29) is 5.28 Å². The third kappa shape index (κ3) is 2.06. The van der Waals surface area contributed by atoms with Crippen LogP contribution in [0, 0.1) is 0 Å². The molecule has 0 aliphatic carbocycles. The summed E-state index contributed by atoms with van der Waals surface area (Å²) in [5.74, 6) is 0.788. The van der Waals surface area contributed by atoms with Crippen LogP contribution in [0.3, 0.4) is 0 Å². The molecular formula is C9H8ClN3. The van der Waals surface area contributed by atoms with E-state index in [1.165, 1.54) is 5.56 Å². The maximum atomic E-state index is 5.57. The molecule has 0 aliphatic rings. The van der Waals surface area contributed by atoms with Crippen molar-refractivity contribution >= 4 is 11.6 Å². The van der Waals surface area contributed by atoms with Crippen molar-refractivity contribution in [3.05, 3.63) is 47.0 Å². The smallest absolute Gasteiger partial charge is 0.242 e. The zero-order chi connectivity index (χ0) is 9.10. The van der Waals surface area contributed by atoms with E-state index in [4.69, 9.17) is 11.6 Å². The Hall–Kier alpha value is -1.35. The Bertz CT molecular complexity index is 383. The fourth-order valence-electron chi connectivity index (χ4n) is 1.14. The molecule has 13 heavy (non-hydrogen) atoms. The van der Waals surface area contributed by atoms with Gasteiger partial charge in [0.25, 0.3) is 0 Å². The van der Waals surface area contributed by atoms with E-state index in [2.05, 4.69) is 15.2 Å². The van der Waals surface area contributed by atoms with Crippen LogP contribution in [0.4, 0.5) is 0 Å². The van der Waals surface area contributed by atoms with Gasteiger partial charge in [0.15, 0.2) is 0 Å². The number of aromatic nitrogens is 3. The molecule has 1 aromatic carbocycles. The highest BCUT2D eigenvalue weighted by Crippen LogP contribution is 2.06. The van der Waals surface area contributed by atoms with Crippen LogP contribution in [-0.4, -0.2) is 15.2 Å². The summed E-state index contributed by atoms with van der Waals surface area (Å²) in [7, 11) is 0. The highest BCUT2D eigenvalue weighted by atomic mass is 35.5. The summed E-state index contributed by atoms with van der Waals surface area (Å²) < 4.78 is 0. The van der Waals surface area contributed by atoms with Crippen LogP contribution in [0.2, 0.25) is 5.28 Å². The number of nitrogens with one attached hydrogen (secondary N) is 1. The van der Waals surface area contributed by atoms with Crippen molar-refractivity contribution in [2.45, 2.75) is 6.42 Å². The lowest BCUT2D eigenvalue weighted by Crippen LogP contribution is -1.89. The van der Waals surface area contributed by atoms with Crippen LogP contribution in [0.5, 0.6) is 0 Å². The fraction of sp³-hybridized carbons (Fsp3) is 0.111. The number of rotatable bonds is 2. The van der Waals surface area contributed by atoms with Crippen molar-refractivity contribution in [3.8, 4) is 0 Å². The average Bonchev–Trinajstić information content (AvgIpc) is 2.53. The van der Waals surface area contributed by atoms with Crippen LogP contribution in [0.1, 0.15) is 11.4 Å². The summed E-state index contributed by atoms with van der Waals surface area (Å²) in [6.45, 7) is 0. The molecule has 1 N–H and O–H groups in total. The first-order valence-electron chi connectivity index (χ1n) is 3.95. The van der Waals surface area contributed by atoms with Gasteiger partial charge < -0.3 is 0 Å². The summed E-state index contributed by atoms with van der Waals surface area (Å²) in [6.07, 6.45) is 0.737. The molecule has 0 saturated heterocycles. The number of benzene rings is 1. The number of hydrogen-bond acceptors (Lipinski definition) is 2. The van der Waals surface area contributed by atoms with Gasteiger partial charge in [-0.25, -0.2) is 4.98 Å². The molecule has 0 atom stereocenters. The Balaban J connectivity index is 2.15. The van der Waals surface area contributed by atoms with Gasteiger partial charge in [0.05, 0.1) is 0 Å². The molecule has 66 valence electrons. The molecule has 0 radical (unpaired) electrons. The third-order valence-corrected chi connectivity index (χ3v) is 1.89. The molecule has 0 amide bonds. The van der Waals surface area contributed by atoms with E-state index in [0.717, 1.165) is 12.2 Å². The van der Waals surface area contributed by atoms with Crippen molar-refractivity contribution < 1.29 is 0 Å². The Morgan fingerprint density at radius 2 is 2.00 bits per heavy atom. The number of H-pyrrole nitrogens is 1. The lowest BCUT2D eigenvalue weighted by Gasteiger charge is -1.95. The van der Waals surface area contributed by atoms with E-state index >= 15 is 0 Å². The van der Waals surface area contributed by atoms with Gasteiger partial charge in [-0.15, -0.1) is 5.10 Å². The minimum Gasteiger partial charge on any atom is -0.261 e. The zero-order valence-electron chi connectivity index (χ0n) is 6.87. The molecule has 2 rings (SSSR count). The predicted octanol–water partition coefficient (Wildman–Crippen LogP) is 2.05. The van der Waals surface area contributed by atoms with E-state index in [9.17, 15) is 0 Å². The number of halogens is 1. The Morgan fingerprint density at radius 1 is 1.23 bits per heavy atom. The van der Waals surface area contributed by atoms with Crippen molar-refractivity contribution in [1.82, 2.24) is 15.2 Å². The molecule has 0 saturated carbocycles. The first-order valence-corrected chi connectivity index (χ1v) is 4.33. The molecule has 3 nitrogen and oxygen atoms in total. The standard InChI is InChI=1S/C9H8ClN3/c10-9-11-8(12-13-9)6-7-4-2-1-3-5-7/h1-5H,6H2,(H,11,12,13). The highest BCUT2D eigenvalue weighted by molar-refractivity contribution is 6.28. The van der Waals surface area contributed by atoms with Crippen LogP contribution in [-0.2, 0) is 6.42 Å². The maximum Gasteiger partial charge on any atom is 0.242 e. The molecule has 0 fully saturated rings. The molecule has 0 bridgehead atoms. The Morgan fingerprint density at radius 3 is 2.62 bits per heavy atom. The second-order valence-electron chi connectivity index (χ2n) is 2.71. The monoisotopic (exact) mass is 193 g/mol. The highest BCUT2D eigenvalue weighted by Gasteiger charge is 2.00. The van der Waals surface area contributed by atoms with E-state index in [1.807, 2.05) is 30.3 Å².